The van der Waals surface area contributed by atoms with Gasteiger partial charge in [-0.2, -0.15) is 0 Å². The number of ether oxygens (including phenoxy) is 1. The van der Waals surface area contributed by atoms with Crippen LogP contribution >= 0.6 is 0 Å². The summed E-state index contributed by atoms with van der Waals surface area (Å²) < 4.78 is 5.49. The van der Waals surface area contributed by atoms with Gasteiger partial charge in [-0.25, -0.2) is 0 Å². The molecule has 1 rings (SSSR count). The van der Waals surface area contributed by atoms with Crippen LogP contribution in [0, 0.1) is 6.92 Å². The maximum Gasteiger partial charge on any atom is 0.0594 e. The summed E-state index contributed by atoms with van der Waals surface area (Å²) in [5.74, 6) is 0. The van der Waals surface area contributed by atoms with E-state index in [9.17, 15) is 0 Å². The third-order valence-corrected chi connectivity index (χ3v) is 2.55. The van der Waals surface area contributed by atoms with E-state index < -0.39 is 0 Å². The summed E-state index contributed by atoms with van der Waals surface area (Å²) in [5, 5.41) is 3.46. The van der Waals surface area contributed by atoms with E-state index in [0.29, 0.717) is 12.1 Å². The van der Waals surface area contributed by atoms with E-state index in [4.69, 9.17) is 4.74 Å². The highest BCUT2D eigenvalue weighted by Gasteiger charge is 2.04. The van der Waals surface area contributed by atoms with Crippen LogP contribution in [-0.4, -0.2) is 19.3 Å². The van der Waals surface area contributed by atoms with Crippen LogP contribution in [0.15, 0.2) is 24.3 Å². The summed E-state index contributed by atoms with van der Waals surface area (Å²) in [7, 11) is 0. The lowest BCUT2D eigenvalue weighted by atomic mass is 10.1. The molecule has 2 heteroatoms. The number of benzene rings is 1. The van der Waals surface area contributed by atoms with Crippen LogP contribution in [-0.2, 0) is 4.74 Å². The van der Waals surface area contributed by atoms with Crippen molar-refractivity contribution in [1.29, 1.82) is 0 Å². The zero-order chi connectivity index (χ0) is 12.0. The van der Waals surface area contributed by atoms with Gasteiger partial charge in [0.25, 0.3) is 0 Å². The fourth-order valence-corrected chi connectivity index (χ4v) is 1.63. The van der Waals surface area contributed by atoms with Crippen LogP contribution < -0.4 is 5.32 Å². The molecule has 2 nitrogen and oxygen atoms in total. The van der Waals surface area contributed by atoms with E-state index in [1.807, 2.05) is 0 Å². The summed E-state index contributed by atoms with van der Waals surface area (Å²) in [6, 6.07) is 9.00. The maximum absolute atomic E-state index is 5.49. The molecule has 0 saturated heterocycles. The van der Waals surface area contributed by atoms with Gasteiger partial charge in [0, 0.05) is 12.6 Å². The van der Waals surface area contributed by atoms with Gasteiger partial charge >= 0.3 is 0 Å². The summed E-state index contributed by atoms with van der Waals surface area (Å²) in [6.07, 6.45) is 0.316. The van der Waals surface area contributed by atoms with Crippen LogP contribution in [0.2, 0.25) is 0 Å². The van der Waals surface area contributed by atoms with Crippen molar-refractivity contribution in [3.8, 4) is 0 Å². The van der Waals surface area contributed by atoms with Crippen molar-refractivity contribution in [2.75, 3.05) is 13.2 Å². The molecular formula is C14H23NO. The number of nitrogens with one attached hydrogen (secondary N) is 1. The molecule has 0 radical (unpaired) electrons. The Hall–Kier alpha value is -0.860. The predicted octanol–water partition coefficient (Wildman–Crippen LogP) is 3.07. The minimum Gasteiger partial charge on any atom is -0.377 e. The van der Waals surface area contributed by atoms with Gasteiger partial charge in [0.05, 0.1) is 12.7 Å². The van der Waals surface area contributed by atoms with Gasteiger partial charge < -0.3 is 10.1 Å². The summed E-state index contributed by atoms with van der Waals surface area (Å²) >= 11 is 0. The first kappa shape index (κ1) is 13.2. The molecule has 0 aromatic heterocycles. The minimum atomic E-state index is 0.316. The van der Waals surface area contributed by atoms with Gasteiger partial charge in [0.2, 0.25) is 0 Å². The fraction of sp³-hybridized carbons (Fsp3) is 0.571. The second-order valence-corrected chi connectivity index (χ2v) is 4.51. The van der Waals surface area contributed by atoms with Gasteiger partial charge in [0.15, 0.2) is 0 Å². The Morgan fingerprint density at radius 3 is 2.62 bits per heavy atom. The quantitative estimate of drug-likeness (QED) is 0.745. The second-order valence-electron chi connectivity index (χ2n) is 4.51. The SMILES string of the molecule is Cc1cccc([C@@H](C)NCCOC(C)C)c1. The van der Waals surface area contributed by atoms with Crippen molar-refractivity contribution >= 4 is 0 Å². The standard InChI is InChI=1S/C14H23NO/c1-11(2)16-9-8-15-13(4)14-7-5-6-12(3)10-14/h5-7,10-11,13,15H,8-9H2,1-4H3/t13-/m1/s1. The smallest absolute Gasteiger partial charge is 0.0594 e. The largest absolute Gasteiger partial charge is 0.377 e. The summed E-state index contributed by atoms with van der Waals surface area (Å²) in [4.78, 5) is 0. The van der Waals surface area contributed by atoms with Crippen LogP contribution in [0.3, 0.4) is 0 Å². The van der Waals surface area contributed by atoms with E-state index in [0.717, 1.165) is 13.2 Å². The van der Waals surface area contributed by atoms with Crippen molar-refractivity contribution in [3.05, 3.63) is 35.4 Å². The molecule has 0 fully saturated rings. The highest BCUT2D eigenvalue weighted by atomic mass is 16.5. The van der Waals surface area contributed by atoms with Crippen molar-refractivity contribution in [2.45, 2.75) is 39.8 Å². The van der Waals surface area contributed by atoms with Crippen molar-refractivity contribution in [1.82, 2.24) is 5.32 Å². The number of aryl methyl sites for hydroxylation is 1. The van der Waals surface area contributed by atoms with Crippen LogP contribution in [0.25, 0.3) is 0 Å². The molecule has 0 unspecified atom stereocenters. The Morgan fingerprint density at radius 2 is 2.00 bits per heavy atom. The first-order valence-corrected chi connectivity index (χ1v) is 6.01. The molecular weight excluding hydrogens is 198 g/mol. The normalized spacial score (nSPS) is 13.1. The average Bonchev–Trinajstić information content (AvgIpc) is 2.24. The van der Waals surface area contributed by atoms with Gasteiger partial charge in [-0.1, -0.05) is 29.8 Å². The molecule has 90 valence electrons. The molecule has 1 atom stereocenters. The number of rotatable bonds is 6. The first-order valence-electron chi connectivity index (χ1n) is 6.01. The Morgan fingerprint density at radius 1 is 1.25 bits per heavy atom. The molecule has 16 heavy (non-hydrogen) atoms. The monoisotopic (exact) mass is 221 g/mol. The molecule has 1 aromatic carbocycles. The zero-order valence-corrected chi connectivity index (χ0v) is 10.8. The predicted molar refractivity (Wildman–Crippen MR) is 68.7 cm³/mol. The Bertz CT molecular complexity index is 309. The molecule has 0 bridgehead atoms. The van der Waals surface area contributed by atoms with Gasteiger partial charge in [-0.05, 0) is 33.3 Å². The maximum atomic E-state index is 5.49. The molecule has 0 aliphatic carbocycles. The highest BCUT2D eigenvalue weighted by molar-refractivity contribution is 5.24. The Labute approximate surface area is 99.0 Å². The summed E-state index contributed by atoms with van der Waals surface area (Å²) in [5.41, 5.74) is 2.65. The molecule has 0 heterocycles. The topological polar surface area (TPSA) is 21.3 Å². The van der Waals surface area contributed by atoms with Crippen LogP contribution in [0.1, 0.15) is 37.9 Å². The molecule has 0 saturated carbocycles. The van der Waals surface area contributed by atoms with Crippen molar-refractivity contribution < 1.29 is 4.74 Å². The van der Waals surface area contributed by atoms with E-state index >= 15 is 0 Å². The first-order chi connectivity index (χ1) is 7.59. The second kappa shape index (κ2) is 6.66. The third-order valence-electron chi connectivity index (χ3n) is 2.55. The van der Waals surface area contributed by atoms with Crippen molar-refractivity contribution in [3.63, 3.8) is 0 Å². The fourth-order valence-electron chi connectivity index (χ4n) is 1.63. The van der Waals surface area contributed by atoms with E-state index in [1.54, 1.807) is 0 Å². The van der Waals surface area contributed by atoms with Gasteiger partial charge in [-0.15, -0.1) is 0 Å². The number of hydrogen-bond acceptors (Lipinski definition) is 2. The summed E-state index contributed by atoms with van der Waals surface area (Å²) in [6.45, 7) is 10.1. The molecule has 1 N–H and O–H groups in total. The third kappa shape index (κ3) is 4.77. The molecule has 0 spiro atoms. The molecule has 0 aliphatic heterocycles. The average molecular weight is 221 g/mol. The van der Waals surface area contributed by atoms with Crippen LogP contribution in [0.4, 0.5) is 0 Å². The lowest BCUT2D eigenvalue weighted by molar-refractivity contribution is 0.0796. The molecule has 1 aromatic rings. The van der Waals surface area contributed by atoms with E-state index in [1.165, 1.54) is 11.1 Å². The van der Waals surface area contributed by atoms with E-state index in [-0.39, 0.29) is 0 Å². The molecule has 0 aliphatic rings. The van der Waals surface area contributed by atoms with Gasteiger partial charge in [0.1, 0.15) is 0 Å². The van der Waals surface area contributed by atoms with Crippen molar-refractivity contribution in [2.24, 2.45) is 0 Å². The highest BCUT2D eigenvalue weighted by Crippen LogP contribution is 2.13. The zero-order valence-electron chi connectivity index (χ0n) is 10.8. The number of hydrogen-bond donors (Lipinski definition) is 1. The lowest BCUT2D eigenvalue weighted by Gasteiger charge is -2.15. The van der Waals surface area contributed by atoms with Gasteiger partial charge in [-0.3, -0.25) is 0 Å². The van der Waals surface area contributed by atoms with Crippen LogP contribution in [0.5, 0.6) is 0 Å². The Balaban J connectivity index is 2.32. The Kier molecular flexibility index (Phi) is 5.50. The minimum absolute atomic E-state index is 0.316. The lowest BCUT2D eigenvalue weighted by Crippen LogP contribution is -2.24. The van der Waals surface area contributed by atoms with E-state index in [2.05, 4.69) is 57.3 Å². The molecule has 0 amide bonds.